The second kappa shape index (κ2) is 7.79. The first-order chi connectivity index (χ1) is 13.6. The molecule has 0 spiro atoms. The van der Waals surface area contributed by atoms with Gasteiger partial charge in [0.25, 0.3) is 5.91 Å². The largest absolute Gasteiger partial charge is 0.478 e. The van der Waals surface area contributed by atoms with Crippen molar-refractivity contribution >= 4 is 17.6 Å². The SMILES string of the molecule is Cc1c(C)c([C@H](O)C(=O)Nc2ccc(C(=O)O)cc2F)c(C)c2c1C(C)C=CC2. The van der Waals surface area contributed by atoms with Gasteiger partial charge >= 0.3 is 5.97 Å². The van der Waals surface area contributed by atoms with E-state index in [1.165, 1.54) is 17.7 Å². The van der Waals surface area contributed by atoms with Gasteiger partial charge in [-0.05, 0) is 84.7 Å². The van der Waals surface area contributed by atoms with E-state index in [1.54, 1.807) is 0 Å². The number of rotatable bonds is 4. The lowest BCUT2D eigenvalue weighted by molar-refractivity contribution is -0.124. The summed E-state index contributed by atoms with van der Waals surface area (Å²) in [6.45, 7) is 7.88. The molecule has 0 aliphatic heterocycles. The Morgan fingerprint density at radius 1 is 1.17 bits per heavy atom. The molecule has 0 saturated heterocycles. The number of aliphatic hydroxyl groups excluding tert-OH is 1. The van der Waals surface area contributed by atoms with Crippen LogP contribution in [-0.4, -0.2) is 22.1 Å². The number of nitrogens with one attached hydrogen (secondary N) is 1. The summed E-state index contributed by atoms with van der Waals surface area (Å²) < 4.78 is 14.2. The number of aromatic carboxylic acids is 1. The fourth-order valence-corrected chi connectivity index (χ4v) is 4.13. The van der Waals surface area contributed by atoms with Gasteiger partial charge in [0, 0.05) is 0 Å². The summed E-state index contributed by atoms with van der Waals surface area (Å²) in [5, 5.41) is 22.1. The minimum absolute atomic E-state index is 0.180. The summed E-state index contributed by atoms with van der Waals surface area (Å²) in [4.78, 5) is 23.6. The third-order valence-electron chi connectivity index (χ3n) is 5.75. The molecular weight excluding hydrogens is 373 g/mol. The van der Waals surface area contributed by atoms with Gasteiger partial charge in [-0.25, -0.2) is 9.18 Å². The molecule has 2 atom stereocenters. The highest BCUT2D eigenvalue weighted by molar-refractivity contribution is 5.96. The van der Waals surface area contributed by atoms with Gasteiger partial charge < -0.3 is 15.5 Å². The Hall–Kier alpha value is -2.99. The van der Waals surface area contributed by atoms with Gasteiger partial charge in [-0.15, -0.1) is 0 Å². The average molecular weight is 397 g/mol. The molecule has 0 radical (unpaired) electrons. The molecule has 3 N–H and O–H groups in total. The molecule has 5 nitrogen and oxygen atoms in total. The fourth-order valence-electron chi connectivity index (χ4n) is 4.13. The van der Waals surface area contributed by atoms with Crippen molar-refractivity contribution in [2.45, 2.75) is 46.1 Å². The van der Waals surface area contributed by atoms with Crippen molar-refractivity contribution in [1.29, 1.82) is 0 Å². The predicted octanol–water partition coefficient (Wildman–Crippen LogP) is 4.34. The van der Waals surface area contributed by atoms with Crippen LogP contribution in [-0.2, 0) is 11.2 Å². The molecule has 3 rings (SSSR count). The summed E-state index contributed by atoms with van der Waals surface area (Å²) in [5.74, 6) is -2.64. The fraction of sp³-hybridized carbons (Fsp3) is 0.304. The number of anilines is 1. The van der Waals surface area contributed by atoms with Gasteiger partial charge in [-0.2, -0.15) is 0 Å². The number of hydrogen-bond donors (Lipinski definition) is 3. The lowest BCUT2D eigenvalue weighted by atomic mass is 9.78. The predicted molar refractivity (Wildman–Crippen MR) is 109 cm³/mol. The molecule has 152 valence electrons. The first kappa shape index (κ1) is 20.7. The van der Waals surface area contributed by atoms with Gasteiger partial charge in [0.05, 0.1) is 11.3 Å². The molecule has 0 saturated carbocycles. The maximum Gasteiger partial charge on any atom is 0.335 e. The van der Waals surface area contributed by atoms with Crippen molar-refractivity contribution < 1.29 is 24.2 Å². The van der Waals surface area contributed by atoms with Crippen molar-refractivity contribution in [3.63, 3.8) is 0 Å². The van der Waals surface area contributed by atoms with E-state index in [9.17, 15) is 19.1 Å². The number of halogens is 1. The van der Waals surface area contributed by atoms with E-state index in [-0.39, 0.29) is 17.2 Å². The van der Waals surface area contributed by atoms with Crippen LogP contribution in [0.5, 0.6) is 0 Å². The maximum atomic E-state index is 14.2. The molecule has 1 aliphatic rings. The van der Waals surface area contributed by atoms with Crippen LogP contribution in [0.4, 0.5) is 10.1 Å². The van der Waals surface area contributed by atoms with E-state index < -0.39 is 23.8 Å². The highest BCUT2D eigenvalue weighted by Crippen LogP contribution is 2.38. The van der Waals surface area contributed by atoms with Gasteiger partial charge in [0.15, 0.2) is 6.10 Å². The number of amides is 1. The second-order valence-corrected chi connectivity index (χ2v) is 7.49. The minimum Gasteiger partial charge on any atom is -0.478 e. The standard InChI is InChI=1S/C23H24FNO4/c1-11-6-5-7-16-14(4)20(13(3)12(2)19(11)16)21(26)22(27)25-18-9-8-15(23(28)29)10-17(18)24/h5-6,8-11,21,26H,7H2,1-4H3,(H,25,27)(H,28,29)/t11?,21-/m0/s1. The van der Waals surface area contributed by atoms with Gasteiger partial charge in [0.2, 0.25) is 0 Å². The number of allylic oxidation sites excluding steroid dienone is 2. The van der Waals surface area contributed by atoms with Crippen molar-refractivity contribution in [3.05, 3.63) is 75.1 Å². The van der Waals surface area contributed by atoms with Crippen LogP contribution in [0.15, 0.2) is 30.4 Å². The molecular formula is C23H24FNO4. The van der Waals surface area contributed by atoms with Crippen LogP contribution >= 0.6 is 0 Å². The van der Waals surface area contributed by atoms with Gasteiger partial charge in [-0.3, -0.25) is 4.79 Å². The topological polar surface area (TPSA) is 86.6 Å². The van der Waals surface area contributed by atoms with E-state index in [1.807, 2.05) is 20.8 Å². The number of benzene rings is 2. The Bertz CT molecular complexity index is 1040. The first-order valence-electron chi connectivity index (χ1n) is 9.44. The minimum atomic E-state index is -1.47. The van der Waals surface area contributed by atoms with E-state index >= 15 is 0 Å². The van der Waals surface area contributed by atoms with Crippen molar-refractivity contribution in [1.82, 2.24) is 0 Å². The van der Waals surface area contributed by atoms with Crippen LogP contribution in [0, 0.1) is 26.6 Å². The van der Waals surface area contributed by atoms with Crippen LogP contribution in [0.3, 0.4) is 0 Å². The Labute approximate surface area is 168 Å². The van der Waals surface area contributed by atoms with Crippen LogP contribution in [0.25, 0.3) is 0 Å². The Balaban J connectivity index is 1.95. The number of carbonyl (C=O) groups is 2. The van der Waals surface area contributed by atoms with Crippen LogP contribution in [0.1, 0.15) is 62.7 Å². The van der Waals surface area contributed by atoms with E-state index in [0.717, 1.165) is 34.7 Å². The Kier molecular flexibility index (Phi) is 5.57. The highest BCUT2D eigenvalue weighted by Gasteiger charge is 2.28. The molecule has 1 aliphatic carbocycles. The summed E-state index contributed by atoms with van der Waals surface area (Å²) in [6.07, 6.45) is 3.50. The molecule has 0 fully saturated rings. The molecule has 0 heterocycles. The number of hydrogen-bond acceptors (Lipinski definition) is 3. The third kappa shape index (κ3) is 3.68. The molecule has 29 heavy (non-hydrogen) atoms. The summed E-state index contributed by atoms with van der Waals surface area (Å²) in [6, 6.07) is 3.20. The Morgan fingerprint density at radius 3 is 2.48 bits per heavy atom. The zero-order valence-corrected chi connectivity index (χ0v) is 16.8. The number of carbonyl (C=O) groups excluding carboxylic acids is 1. The van der Waals surface area contributed by atoms with Crippen molar-refractivity contribution in [2.75, 3.05) is 5.32 Å². The van der Waals surface area contributed by atoms with Gasteiger partial charge in [0.1, 0.15) is 5.82 Å². The van der Waals surface area contributed by atoms with Gasteiger partial charge in [-0.1, -0.05) is 19.1 Å². The maximum absolute atomic E-state index is 14.2. The monoisotopic (exact) mass is 397 g/mol. The highest BCUT2D eigenvalue weighted by atomic mass is 19.1. The van der Waals surface area contributed by atoms with Crippen LogP contribution < -0.4 is 5.32 Å². The smallest absolute Gasteiger partial charge is 0.335 e. The van der Waals surface area contributed by atoms with Crippen LogP contribution in [0.2, 0.25) is 0 Å². The van der Waals surface area contributed by atoms with E-state index in [0.29, 0.717) is 5.56 Å². The summed E-state index contributed by atoms with van der Waals surface area (Å²) in [7, 11) is 0. The number of carboxylic acid groups (broad SMARTS) is 1. The second-order valence-electron chi connectivity index (χ2n) is 7.49. The van der Waals surface area contributed by atoms with Crippen molar-refractivity contribution in [2.24, 2.45) is 0 Å². The van der Waals surface area contributed by atoms with E-state index in [4.69, 9.17) is 5.11 Å². The molecule has 2 aromatic carbocycles. The zero-order chi connectivity index (χ0) is 21.5. The lowest BCUT2D eigenvalue weighted by Crippen LogP contribution is -2.24. The Morgan fingerprint density at radius 2 is 1.86 bits per heavy atom. The molecule has 1 amide bonds. The first-order valence-corrected chi connectivity index (χ1v) is 9.44. The number of fused-ring (bicyclic) bond motifs is 1. The number of carboxylic acids is 1. The quantitative estimate of drug-likeness (QED) is 0.670. The third-order valence-corrected chi connectivity index (χ3v) is 5.75. The molecule has 1 unspecified atom stereocenters. The lowest BCUT2D eigenvalue weighted by Gasteiger charge is -2.28. The van der Waals surface area contributed by atoms with Crippen molar-refractivity contribution in [3.8, 4) is 0 Å². The number of aliphatic hydroxyl groups is 1. The molecule has 0 aromatic heterocycles. The molecule has 0 bridgehead atoms. The zero-order valence-electron chi connectivity index (χ0n) is 16.8. The molecule has 6 heteroatoms. The van der Waals surface area contributed by atoms with E-state index in [2.05, 4.69) is 24.4 Å². The summed E-state index contributed by atoms with van der Waals surface area (Å²) in [5.41, 5.74) is 5.22. The average Bonchev–Trinajstić information content (AvgIpc) is 2.67. The summed E-state index contributed by atoms with van der Waals surface area (Å²) >= 11 is 0. The normalized spacial score (nSPS) is 16.3. The molecule has 2 aromatic rings.